The Bertz CT molecular complexity index is 535. The zero-order valence-electron chi connectivity index (χ0n) is 12.4. The fourth-order valence-corrected chi connectivity index (χ4v) is 1.85. The summed E-state index contributed by atoms with van der Waals surface area (Å²) in [5.41, 5.74) is 1.35. The van der Waals surface area contributed by atoms with Crippen molar-refractivity contribution in [3.8, 4) is 11.8 Å². The summed E-state index contributed by atoms with van der Waals surface area (Å²) in [6.45, 7) is 3.13. The molecule has 0 saturated carbocycles. The normalized spacial score (nSPS) is 10.1. The standard InChI is InChI=1S/C16H21FN2O2/c1-3-8-18-16(21)12-19(2)11-14-6-7-15(17)10-13(14)5-4-9-20/h6-7,10,20H,3,8-9,11-12H2,1-2H3,(H,18,21). The third-order valence-electron chi connectivity index (χ3n) is 2.80. The van der Waals surface area contributed by atoms with Crippen molar-refractivity contribution in [3.05, 3.63) is 35.1 Å². The van der Waals surface area contributed by atoms with Gasteiger partial charge in [0.15, 0.2) is 0 Å². The Morgan fingerprint density at radius 2 is 2.24 bits per heavy atom. The van der Waals surface area contributed by atoms with Crippen LogP contribution in [0.1, 0.15) is 24.5 Å². The molecule has 0 aliphatic rings. The number of benzene rings is 1. The van der Waals surface area contributed by atoms with Crippen LogP contribution in [0.3, 0.4) is 0 Å². The van der Waals surface area contributed by atoms with Crippen LogP contribution in [0.2, 0.25) is 0 Å². The number of likely N-dealkylation sites (N-methyl/N-ethyl adjacent to an activating group) is 1. The van der Waals surface area contributed by atoms with Crippen LogP contribution in [0, 0.1) is 17.7 Å². The second kappa shape index (κ2) is 9.11. The molecule has 0 spiro atoms. The minimum Gasteiger partial charge on any atom is -0.384 e. The molecule has 0 aromatic heterocycles. The molecule has 0 atom stereocenters. The van der Waals surface area contributed by atoms with E-state index in [9.17, 15) is 9.18 Å². The number of aliphatic hydroxyl groups is 1. The smallest absolute Gasteiger partial charge is 0.234 e. The lowest BCUT2D eigenvalue weighted by Crippen LogP contribution is -2.35. The van der Waals surface area contributed by atoms with Gasteiger partial charge >= 0.3 is 0 Å². The van der Waals surface area contributed by atoms with Gasteiger partial charge in [-0.3, -0.25) is 9.69 Å². The number of carbonyl (C=O) groups excluding carboxylic acids is 1. The van der Waals surface area contributed by atoms with Gasteiger partial charge in [0.05, 0.1) is 6.54 Å². The maximum atomic E-state index is 13.3. The summed E-state index contributed by atoms with van der Waals surface area (Å²) in [6, 6.07) is 4.35. The molecule has 21 heavy (non-hydrogen) atoms. The molecule has 4 nitrogen and oxygen atoms in total. The number of aliphatic hydroxyl groups excluding tert-OH is 1. The third kappa shape index (κ3) is 6.39. The maximum absolute atomic E-state index is 13.3. The van der Waals surface area contributed by atoms with E-state index in [1.807, 2.05) is 18.9 Å². The van der Waals surface area contributed by atoms with Crippen LogP contribution in [0.5, 0.6) is 0 Å². The van der Waals surface area contributed by atoms with E-state index < -0.39 is 0 Å². The van der Waals surface area contributed by atoms with Crippen molar-refractivity contribution in [1.82, 2.24) is 10.2 Å². The summed E-state index contributed by atoms with van der Waals surface area (Å²) in [4.78, 5) is 13.5. The number of hydrogen-bond acceptors (Lipinski definition) is 3. The number of nitrogens with zero attached hydrogens (tertiary/aromatic N) is 1. The summed E-state index contributed by atoms with van der Waals surface area (Å²) in [6.07, 6.45) is 0.897. The average Bonchev–Trinajstić information content (AvgIpc) is 2.45. The highest BCUT2D eigenvalue weighted by molar-refractivity contribution is 5.77. The fraction of sp³-hybridized carbons (Fsp3) is 0.438. The van der Waals surface area contributed by atoms with Crippen LogP contribution in [0.15, 0.2) is 18.2 Å². The summed E-state index contributed by atoms with van der Waals surface area (Å²) >= 11 is 0. The van der Waals surface area contributed by atoms with Crippen molar-refractivity contribution in [1.29, 1.82) is 0 Å². The molecule has 5 heteroatoms. The predicted octanol–water partition coefficient (Wildman–Crippen LogP) is 1.13. The minimum atomic E-state index is -0.371. The second-order valence-electron chi connectivity index (χ2n) is 4.78. The molecule has 0 aliphatic carbocycles. The Labute approximate surface area is 125 Å². The van der Waals surface area contributed by atoms with Gasteiger partial charge in [-0.1, -0.05) is 24.8 Å². The number of rotatable bonds is 6. The second-order valence-corrected chi connectivity index (χ2v) is 4.78. The Kier molecular flexibility index (Phi) is 7.44. The van der Waals surface area contributed by atoms with Crippen molar-refractivity contribution < 1.29 is 14.3 Å². The van der Waals surface area contributed by atoms with Crippen LogP contribution >= 0.6 is 0 Å². The Balaban J connectivity index is 2.71. The minimum absolute atomic E-state index is 0.0375. The zero-order chi connectivity index (χ0) is 15.7. The fourth-order valence-electron chi connectivity index (χ4n) is 1.85. The maximum Gasteiger partial charge on any atom is 0.234 e. The quantitative estimate of drug-likeness (QED) is 0.773. The molecule has 1 rings (SSSR count). The first-order chi connectivity index (χ1) is 10.1. The molecule has 0 heterocycles. The Morgan fingerprint density at radius 1 is 1.48 bits per heavy atom. The van der Waals surface area contributed by atoms with Crippen molar-refractivity contribution in [2.45, 2.75) is 19.9 Å². The van der Waals surface area contributed by atoms with Gasteiger partial charge in [0.2, 0.25) is 5.91 Å². The number of carbonyl (C=O) groups is 1. The molecule has 0 radical (unpaired) electrons. The van der Waals surface area contributed by atoms with Gasteiger partial charge in [-0.25, -0.2) is 4.39 Å². The van der Waals surface area contributed by atoms with Gasteiger partial charge < -0.3 is 10.4 Å². The van der Waals surface area contributed by atoms with Crippen LogP contribution in [-0.2, 0) is 11.3 Å². The van der Waals surface area contributed by atoms with Gasteiger partial charge in [-0.05, 0) is 31.2 Å². The van der Waals surface area contributed by atoms with E-state index >= 15 is 0 Å². The number of amides is 1. The van der Waals surface area contributed by atoms with E-state index in [1.165, 1.54) is 12.1 Å². The first-order valence-electron chi connectivity index (χ1n) is 6.90. The van der Waals surface area contributed by atoms with E-state index in [4.69, 9.17) is 5.11 Å². The highest BCUT2D eigenvalue weighted by Crippen LogP contribution is 2.12. The number of halogens is 1. The molecular weight excluding hydrogens is 271 g/mol. The number of nitrogens with one attached hydrogen (secondary N) is 1. The van der Waals surface area contributed by atoms with Crippen LogP contribution in [0.25, 0.3) is 0 Å². The molecular formula is C16H21FN2O2. The molecule has 114 valence electrons. The third-order valence-corrected chi connectivity index (χ3v) is 2.80. The Morgan fingerprint density at radius 3 is 2.90 bits per heavy atom. The van der Waals surface area contributed by atoms with E-state index in [-0.39, 0.29) is 24.9 Å². The van der Waals surface area contributed by atoms with Crippen molar-refractivity contribution in [3.63, 3.8) is 0 Å². The van der Waals surface area contributed by atoms with Crippen LogP contribution in [0.4, 0.5) is 4.39 Å². The van der Waals surface area contributed by atoms with E-state index in [0.29, 0.717) is 18.7 Å². The molecule has 1 aromatic carbocycles. The summed E-state index contributed by atoms with van der Waals surface area (Å²) in [7, 11) is 1.82. The SMILES string of the molecule is CCCNC(=O)CN(C)Cc1ccc(F)cc1C#CCO. The lowest BCUT2D eigenvalue weighted by atomic mass is 10.1. The lowest BCUT2D eigenvalue weighted by Gasteiger charge is -2.17. The molecule has 2 N–H and O–H groups in total. The molecule has 0 bridgehead atoms. The van der Waals surface area contributed by atoms with Gasteiger partial charge in [-0.15, -0.1) is 0 Å². The average molecular weight is 292 g/mol. The van der Waals surface area contributed by atoms with Crippen LogP contribution < -0.4 is 5.32 Å². The molecule has 1 aromatic rings. The summed E-state index contributed by atoms with van der Waals surface area (Å²) in [5, 5.41) is 11.5. The molecule has 0 unspecified atom stereocenters. The summed E-state index contributed by atoms with van der Waals surface area (Å²) in [5.74, 6) is 4.84. The largest absolute Gasteiger partial charge is 0.384 e. The Hall–Kier alpha value is -1.90. The first-order valence-corrected chi connectivity index (χ1v) is 6.90. The highest BCUT2D eigenvalue weighted by Gasteiger charge is 2.09. The summed E-state index contributed by atoms with van der Waals surface area (Å²) < 4.78 is 13.3. The predicted molar refractivity (Wildman–Crippen MR) is 80.0 cm³/mol. The van der Waals surface area contributed by atoms with Crippen molar-refractivity contribution in [2.75, 3.05) is 26.7 Å². The highest BCUT2D eigenvalue weighted by atomic mass is 19.1. The first kappa shape index (κ1) is 17.2. The van der Waals surface area contributed by atoms with Crippen molar-refractivity contribution in [2.24, 2.45) is 0 Å². The van der Waals surface area contributed by atoms with Crippen molar-refractivity contribution >= 4 is 5.91 Å². The van der Waals surface area contributed by atoms with Gasteiger partial charge in [0, 0.05) is 18.7 Å². The molecule has 0 fully saturated rings. The van der Waals surface area contributed by atoms with Gasteiger partial charge in [0.25, 0.3) is 0 Å². The molecule has 0 saturated heterocycles. The topological polar surface area (TPSA) is 52.6 Å². The monoisotopic (exact) mass is 292 g/mol. The molecule has 1 amide bonds. The van der Waals surface area contributed by atoms with E-state index in [0.717, 1.165) is 12.0 Å². The number of hydrogen-bond donors (Lipinski definition) is 2. The lowest BCUT2D eigenvalue weighted by molar-refractivity contribution is -0.122. The van der Waals surface area contributed by atoms with Crippen LogP contribution in [-0.4, -0.2) is 42.7 Å². The van der Waals surface area contributed by atoms with E-state index in [1.54, 1.807) is 6.07 Å². The molecule has 0 aliphatic heterocycles. The van der Waals surface area contributed by atoms with E-state index in [2.05, 4.69) is 17.2 Å². The zero-order valence-corrected chi connectivity index (χ0v) is 12.4. The van der Waals surface area contributed by atoms with Gasteiger partial charge in [-0.2, -0.15) is 0 Å². The van der Waals surface area contributed by atoms with Gasteiger partial charge in [0.1, 0.15) is 12.4 Å².